The fourth-order valence-corrected chi connectivity index (χ4v) is 10.1. The predicted octanol–water partition coefficient (Wildman–Crippen LogP) is 22.9. The van der Waals surface area contributed by atoms with Gasteiger partial charge < -0.3 is 14.2 Å². The van der Waals surface area contributed by atoms with Gasteiger partial charge in [-0.3, -0.25) is 14.4 Å². The molecule has 0 spiro atoms. The summed E-state index contributed by atoms with van der Waals surface area (Å²) < 4.78 is 16.9. The van der Waals surface area contributed by atoms with E-state index < -0.39 is 6.10 Å². The van der Waals surface area contributed by atoms with Gasteiger partial charge in [0.25, 0.3) is 0 Å². The fourth-order valence-electron chi connectivity index (χ4n) is 10.1. The second kappa shape index (κ2) is 64.9. The predicted molar refractivity (Wildman–Crippen MR) is 330 cm³/mol. The van der Waals surface area contributed by atoms with Crippen LogP contribution in [0.1, 0.15) is 361 Å². The zero-order valence-corrected chi connectivity index (χ0v) is 51.0. The lowest BCUT2D eigenvalue weighted by Gasteiger charge is -2.18. The van der Waals surface area contributed by atoms with Crippen molar-refractivity contribution in [2.75, 3.05) is 13.2 Å². The first-order chi connectivity index (χ1) is 37.5. The molecular weight excluding hydrogens is 937 g/mol. The van der Waals surface area contributed by atoms with E-state index in [2.05, 4.69) is 69.4 Å². The van der Waals surface area contributed by atoms with Crippen molar-refractivity contribution in [1.29, 1.82) is 0 Å². The largest absolute Gasteiger partial charge is 0.462 e. The van der Waals surface area contributed by atoms with Gasteiger partial charge in [0, 0.05) is 19.3 Å². The summed E-state index contributed by atoms with van der Waals surface area (Å²) in [6.45, 7) is 6.55. The van der Waals surface area contributed by atoms with E-state index in [1.165, 1.54) is 238 Å². The Kier molecular flexibility index (Phi) is 62.6. The first kappa shape index (κ1) is 73.4. The van der Waals surface area contributed by atoms with E-state index in [4.69, 9.17) is 14.2 Å². The van der Waals surface area contributed by atoms with Crippen LogP contribution in [-0.4, -0.2) is 37.2 Å². The summed E-state index contributed by atoms with van der Waals surface area (Å²) in [6, 6.07) is 0. The summed E-state index contributed by atoms with van der Waals surface area (Å²) in [4.78, 5) is 38.1. The van der Waals surface area contributed by atoms with Crippen LogP contribution in [0.2, 0.25) is 0 Å². The van der Waals surface area contributed by atoms with Crippen LogP contribution in [0, 0.1) is 0 Å². The average Bonchev–Trinajstić information content (AvgIpc) is 3.42. The van der Waals surface area contributed by atoms with Gasteiger partial charge in [-0.25, -0.2) is 0 Å². The van der Waals surface area contributed by atoms with Gasteiger partial charge in [0.15, 0.2) is 6.10 Å². The first-order valence-electron chi connectivity index (χ1n) is 33.6. The Morgan fingerprint density at radius 2 is 0.513 bits per heavy atom. The lowest BCUT2D eigenvalue weighted by molar-refractivity contribution is -0.167. The zero-order valence-electron chi connectivity index (χ0n) is 51.0. The minimum atomic E-state index is -0.768. The molecule has 0 heterocycles. The second-order valence-corrected chi connectivity index (χ2v) is 22.7. The summed E-state index contributed by atoms with van der Waals surface area (Å²) in [5.74, 6) is -0.851. The molecule has 0 radical (unpaired) electrons. The van der Waals surface area contributed by atoms with E-state index in [9.17, 15) is 14.4 Å². The Morgan fingerprint density at radius 1 is 0.276 bits per heavy atom. The molecule has 76 heavy (non-hydrogen) atoms. The van der Waals surface area contributed by atoms with Gasteiger partial charge in [0.1, 0.15) is 13.2 Å². The monoisotopic (exact) mass is 1060 g/mol. The molecule has 0 rings (SSSR count). The van der Waals surface area contributed by atoms with Crippen LogP contribution < -0.4 is 0 Å². The van der Waals surface area contributed by atoms with Crippen molar-refractivity contribution in [1.82, 2.24) is 0 Å². The molecule has 0 fully saturated rings. The average molecular weight is 1070 g/mol. The summed E-state index contributed by atoms with van der Waals surface area (Å²) in [7, 11) is 0. The molecule has 6 heteroatoms. The van der Waals surface area contributed by atoms with Crippen molar-refractivity contribution >= 4 is 17.9 Å². The van der Waals surface area contributed by atoms with Crippen LogP contribution in [0.25, 0.3) is 0 Å². The number of allylic oxidation sites excluding steroid dienone is 8. The quantitative estimate of drug-likeness (QED) is 0.0261. The van der Waals surface area contributed by atoms with Gasteiger partial charge in [-0.15, -0.1) is 0 Å². The third-order valence-corrected chi connectivity index (χ3v) is 15.1. The minimum absolute atomic E-state index is 0.0679. The lowest BCUT2D eigenvalue weighted by Crippen LogP contribution is -2.30. The molecule has 0 aliphatic rings. The van der Waals surface area contributed by atoms with Crippen molar-refractivity contribution in [2.45, 2.75) is 367 Å². The van der Waals surface area contributed by atoms with Gasteiger partial charge in [-0.05, 0) is 57.8 Å². The van der Waals surface area contributed by atoms with E-state index in [0.29, 0.717) is 19.3 Å². The van der Waals surface area contributed by atoms with Crippen molar-refractivity contribution in [3.8, 4) is 0 Å². The SMILES string of the molecule is CC/C=C\C/C=C\C/C=C\C/C=C\CCCCCCCCCCCCCCCCC(=O)OCC(COC(=O)CCCCCCCCC)OC(=O)CCCCCCCCCCCCCCCCCCCCCCCCCC. The molecule has 1 atom stereocenters. The van der Waals surface area contributed by atoms with Crippen LogP contribution in [0.3, 0.4) is 0 Å². The Morgan fingerprint density at radius 3 is 0.803 bits per heavy atom. The third kappa shape index (κ3) is 62.2. The van der Waals surface area contributed by atoms with Crippen molar-refractivity contribution in [3.05, 3.63) is 48.6 Å². The molecule has 0 N–H and O–H groups in total. The summed E-state index contributed by atoms with van der Waals surface area (Å²) in [5.41, 5.74) is 0. The summed E-state index contributed by atoms with van der Waals surface area (Å²) in [6.07, 6.45) is 81.6. The molecule has 0 amide bonds. The zero-order chi connectivity index (χ0) is 55.0. The maximum atomic E-state index is 12.9. The molecule has 0 aromatic heterocycles. The standard InChI is InChI=1S/C70H128O6/c1-4-7-10-13-16-18-20-22-24-26-28-30-32-34-35-36-38-39-41-43-45-47-49-51-54-57-60-63-69(72)75-66-67(65-74-68(71)62-59-56-53-15-12-9-6-3)76-70(73)64-61-58-55-52-50-48-46-44-42-40-37-33-31-29-27-25-23-21-19-17-14-11-8-5-2/h7,10,16,18,22,24,28,30,67H,4-6,8-9,11-15,17,19-21,23,25-27,29,31-66H2,1-3H3/b10-7-,18-16-,24-22-,30-28-. The number of carbonyl (C=O) groups is 3. The van der Waals surface area contributed by atoms with Crippen molar-refractivity contribution in [2.24, 2.45) is 0 Å². The third-order valence-electron chi connectivity index (χ3n) is 15.1. The van der Waals surface area contributed by atoms with E-state index in [1.54, 1.807) is 0 Å². The normalized spacial score (nSPS) is 12.3. The summed E-state index contributed by atoms with van der Waals surface area (Å²) >= 11 is 0. The van der Waals surface area contributed by atoms with Crippen LogP contribution in [0.4, 0.5) is 0 Å². The first-order valence-corrected chi connectivity index (χ1v) is 33.6. The number of esters is 3. The van der Waals surface area contributed by atoms with Gasteiger partial charge in [-0.1, -0.05) is 333 Å². The molecule has 0 aromatic rings. The smallest absolute Gasteiger partial charge is 0.306 e. The molecule has 444 valence electrons. The van der Waals surface area contributed by atoms with Crippen LogP contribution >= 0.6 is 0 Å². The van der Waals surface area contributed by atoms with E-state index in [1.807, 2.05) is 0 Å². The maximum Gasteiger partial charge on any atom is 0.306 e. The minimum Gasteiger partial charge on any atom is -0.462 e. The number of hydrogen-bond acceptors (Lipinski definition) is 6. The number of unbranched alkanes of at least 4 members (excludes halogenated alkanes) is 43. The second-order valence-electron chi connectivity index (χ2n) is 22.7. The highest BCUT2D eigenvalue weighted by Crippen LogP contribution is 2.18. The Labute approximate surface area is 473 Å². The lowest BCUT2D eigenvalue weighted by atomic mass is 10.0. The van der Waals surface area contributed by atoms with E-state index in [-0.39, 0.29) is 31.1 Å². The van der Waals surface area contributed by atoms with Crippen LogP contribution in [0.5, 0.6) is 0 Å². The summed E-state index contributed by atoms with van der Waals surface area (Å²) in [5, 5.41) is 0. The van der Waals surface area contributed by atoms with Gasteiger partial charge in [0.2, 0.25) is 0 Å². The number of hydrogen-bond donors (Lipinski definition) is 0. The highest BCUT2D eigenvalue weighted by atomic mass is 16.6. The molecule has 0 aromatic carbocycles. The molecule has 0 bridgehead atoms. The molecule has 0 aliphatic heterocycles. The Bertz CT molecular complexity index is 1310. The van der Waals surface area contributed by atoms with Crippen LogP contribution in [-0.2, 0) is 28.6 Å². The highest BCUT2D eigenvalue weighted by molar-refractivity contribution is 5.71. The number of carbonyl (C=O) groups excluding carboxylic acids is 3. The fraction of sp³-hybridized carbons (Fsp3) is 0.843. The Balaban J connectivity index is 4.05. The van der Waals surface area contributed by atoms with Gasteiger partial charge in [0.05, 0.1) is 0 Å². The van der Waals surface area contributed by atoms with Gasteiger partial charge in [-0.2, -0.15) is 0 Å². The van der Waals surface area contributed by atoms with E-state index >= 15 is 0 Å². The van der Waals surface area contributed by atoms with E-state index in [0.717, 1.165) is 83.5 Å². The molecule has 1 unspecified atom stereocenters. The Hall–Kier alpha value is -2.63. The molecule has 0 saturated heterocycles. The van der Waals surface area contributed by atoms with Crippen molar-refractivity contribution in [3.63, 3.8) is 0 Å². The van der Waals surface area contributed by atoms with Crippen molar-refractivity contribution < 1.29 is 28.6 Å². The maximum absolute atomic E-state index is 12.9. The highest BCUT2D eigenvalue weighted by Gasteiger charge is 2.19. The molecule has 0 aliphatic carbocycles. The van der Waals surface area contributed by atoms with Gasteiger partial charge >= 0.3 is 17.9 Å². The topological polar surface area (TPSA) is 78.9 Å². The molecular formula is C70H128O6. The number of ether oxygens (including phenoxy) is 3. The van der Waals surface area contributed by atoms with Crippen LogP contribution in [0.15, 0.2) is 48.6 Å². The molecule has 0 saturated carbocycles. The molecule has 6 nitrogen and oxygen atoms in total. The number of rotatable bonds is 62.